The van der Waals surface area contributed by atoms with Crippen molar-refractivity contribution in [2.45, 2.75) is 33.1 Å². The molecule has 2 aromatic heterocycles. The van der Waals surface area contributed by atoms with Crippen molar-refractivity contribution < 1.29 is 4.79 Å². The van der Waals surface area contributed by atoms with Crippen LogP contribution in [0.2, 0.25) is 0 Å². The highest BCUT2D eigenvalue weighted by Gasteiger charge is 2.02. The van der Waals surface area contributed by atoms with E-state index >= 15 is 0 Å². The van der Waals surface area contributed by atoms with E-state index in [0.29, 0.717) is 13.1 Å². The lowest BCUT2D eigenvalue weighted by Crippen LogP contribution is -2.36. The summed E-state index contributed by atoms with van der Waals surface area (Å²) in [6.45, 7) is 5.35. The van der Waals surface area contributed by atoms with Gasteiger partial charge in [0.05, 0.1) is 5.69 Å². The summed E-state index contributed by atoms with van der Waals surface area (Å²) < 4.78 is 1.80. The van der Waals surface area contributed by atoms with Gasteiger partial charge in [-0.3, -0.25) is 0 Å². The number of carbonyl (C=O) groups excluding carboxylic acids is 1. The normalized spacial score (nSPS) is 10.7. The zero-order valence-electron chi connectivity index (χ0n) is 12.0. The second kappa shape index (κ2) is 6.88. The summed E-state index contributed by atoms with van der Waals surface area (Å²) in [6, 6.07) is 1.85. The summed E-state index contributed by atoms with van der Waals surface area (Å²) in [6.07, 6.45) is 6.56. The average molecular weight is 275 g/mol. The van der Waals surface area contributed by atoms with Crippen LogP contribution >= 0.6 is 0 Å². The Hall–Kier alpha value is -2.11. The standard InChI is InChI=1S/C14H21N5O/c1-3-6-15-14(20)16-7-4-5-12-9-17-13-8-11(2)18-19(13)10-12/h8-10H,3-7H2,1-2H3,(H2,15,16,20). The number of urea groups is 1. The third-order valence-electron chi connectivity index (χ3n) is 2.95. The SMILES string of the molecule is CCCNC(=O)NCCCc1cnc2cc(C)nn2c1. The second-order valence-electron chi connectivity index (χ2n) is 4.84. The Morgan fingerprint density at radius 2 is 2.15 bits per heavy atom. The van der Waals surface area contributed by atoms with Crippen LogP contribution in [0.15, 0.2) is 18.5 Å². The molecule has 0 saturated carbocycles. The van der Waals surface area contributed by atoms with E-state index in [4.69, 9.17) is 0 Å². The molecule has 20 heavy (non-hydrogen) atoms. The van der Waals surface area contributed by atoms with Crippen molar-refractivity contribution in [3.8, 4) is 0 Å². The molecule has 2 rings (SSSR count). The molecule has 2 amide bonds. The first kappa shape index (κ1) is 14.3. The Balaban J connectivity index is 1.76. The number of hydrogen-bond donors (Lipinski definition) is 2. The molecule has 0 aliphatic rings. The number of fused-ring (bicyclic) bond motifs is 1. The zero-order valence-corrected chi connectivity index (χ0v) is 12.0. The van der Waals surface area contributed by atoms with Crippen LogP contribution in [0.1, 0.15) is 31.0 Å². The van der Waals surface area contributed by atoms with Crippen LogP contribution < -0.4 is 10.6 Å². The molecule has 2 heterocycles. The third-order valence-corrected chi connectivity index (χ3v) is 2.95. The molecule has 0 unspecified atom stereocenters. The van der Waals surface area contributed by atoms with Crippen LogP contribution in [-0.4, -0.2) is 33.7 Å². The first-order valence-corrected chi connectivity index (χ1v) is 7.01. The molecule has 6 heteroatoms. The Morgan fingerprint density at radius 1 is 1.35 bits per heavy atom. The van der Waals surface area contributed by atoms with Crippen LogP contribution in [0, 0.1) is 6.92 Å². The van der Waals surface area contributed by atoms with Gasteiger partial charge in [0.15, 0.2) is 5.65 Å². The predicted molar refractivity (Wildman–Crippen MR) is 77.7 cm³/mol. The molecular weight excluding hydrogens is 254 g/mol. The van der Waals surface area contributed by atoms with E-state index in [0.717, 1.165) is 36.2 Å². The van der Waals surface area contributed by atoms with Crippen molar-refractivity contribution in [2.24, 2.45) is 0 Å². The molecular formula is C14H21N5O. The van der Waals surface area contributed by atoms with Crippen LogP contribution in [0.4, 0.5) is 4.79 Å². The van der Waals surface area contributed by atoms with Gasteiger partial charge < -0.3 is 10.6 Å². The Morgan fingerprint density at radius 3 is 2.95 bits per heavy atom. The van der Waals surface area contributed by atoms with Crippen molar-refractivity contribution >= 4 is 11.7 Å². The molecule has 0 spiro atoms. The minimum absolute atomic E-state index is 0.0943. The van der Waals surface area contributed by atoms with Crippen LogP contribution in [0.3, 0.4) is 0 Å². The van der Waals surface area contributed by atoms with E-state index in [9.17, 15) is 4.79 Å². The molecule has 2 N–H and O–H groups in total. The van der Waals surface area contributed by atoms with Gasteiger partial charge in [-0.1, -0.05) is 6.92 Å². The number of carbonyl (C=O) groups is 1. The Labute approximate surface area is 118 Å². The lowest BCUT2D eigenvalue weighted by molar-refractivity contribution is 0.241. The van der Waals surface area contributed by atoms with E-state index in [-0.39, 0.29) is 6.03 Å². The molecule has 108 valence electrons. The Kier molecular flexibility index (Phi) is 4.92. The summed E-state index contributed by atoms with van der Waals surface area (Å²) in [5.74, 6) is 0. The number of rotatable bonds is 6. The van der Waals surface area contributed by atoms with E-state index in [1.54, 1.807) is 4.52 Å². The maximum atomic E-state index is 11.3. The first-order chi connectivity index (χ1) is 9.69. The summed E-state index contributed by atoms with van der Waals surface area (Å²) >= 11 is 0. The Bertz CT molecular complexity index is 578. The van der Waals surface area contributed by atoms with Crippen molar-refractivity contribution in [3.63, 3.8) is 0 Å². The lowest BCUT2D eigenvalue weighted by Gasteiger charge is -2.06. The van der Waals surface area contributed by atoms with E-state index in [2.05, 4.69) is 20.7 Å². The van der Waals surface area contributed by atoms with Gasteiger partial charge in [0.25, 0.3) is 0 Å². The van der Waals surface area contributed by atoms with Gasteiger partial charge in [0.1, 0.15) is 0 Å². The predicted octanol–water partition coefficient (Wildman–Crippen LogP) is 1.68. The van der Waals surface area contributed by atoms with Crippen LogP contribution in [-0.2, 0) is 6.42 Å². The minimum atomic E-state index is -0.0943. The molecule has 0 fully saturated rings. The quantitative estimate of drug-likeness (QED) is 0.788. The fourth-order valence-corrected chi connectivity index (χ4v) is 1.96. The number of aryl methyl sites for hydroxylation is 2. The van der Waals surface area contributed by atoms with Crippen molar-refractivity contribution in [1.29, 1.82) is 0 Å². The lowest BCUT2D eigenvalue weighted by atomic mass is 10.2. The molecule has 0 aromatic carbocycles. The number of nitrogens with zero attached hydrogens (tertiary/aromatic N) is 3. The topological polar surface area (TPSA) is 71.3 Å². The van der Waals surface area contributed by atoms with Crippen LogP contribution in [0.5, 0.6) is 0 Å². The van der Waals surface area contributed by atoms with Gasteiger partial charge in [-0.05, 0) is 31.7 Å². The number of hydrogen-bond acceptors (Lipinski definition) is 3. The molecule has 0 bridgehead atoms. The third kappa shape index (κ3) is 3.94. The molecule has 6 nitrogen and oxygen atoms in total. The summed E-state index contributed by atoms with van der Waals surface area (Å²) in [7, 11) is 0. The van der Waals surface area contributed by atoms with E-state index < -0.39 is 0 Å². The van der Waals surface area contributed by atoms with Crippen molar-refractivity contribution in [1.82, 2.24) is 25.2 Å². The number of nitrogens with one attached hydrogen (secondary N) is 2. The highest BCUT2D eigenvalue weighted by molar-refractivity contribution is 5.73. The average Bonchev–Trinajstić information content (AvgIpc) is 2.80. The molecule has 0 atom stereocenters. The van der Waals surface area contributed by atoms with Crippen molar-refractivity contribution in [3.05, 3.63) is 29.7 Å². The number of amides is 2. The maximum Gasteiger partial charge on any atom is 0.314 e. The van der Waals surface area contributed by atoms with E-state index in [1.165, 1.54) is 0 Å². The smallest absolute Gasteiger partial charge is 0.314 e. The van der Waals surface area contributed by atoms with Gasteiger partial charge in [0.2, 0.25) is 0 Å². The molecule has 0 saturated heterocycles. The van der Waals surface area contributed by atoms with Crippen LogP contribution in [0.25, 0.3) is 5.65 Å². The van der Waals surface area contributed by atoms with E-state index in [1.807, 2.05) is 32.3 Å². The zero-order chi connectivity index (χ0) is 14.4. The molecule has 0 radical (unpaired) electrons. The molecule has 2 aromatic rings. The van der Waals surface area contributed by atoms with Gasteiger partial charge in [0, 0.05) is 31.5 Å². The first-order valence-electron chi connectivity index (χ1n) is 7.01. The van der Waals surface area contributed by atoms with Gasteiger partial charge in [-0.2, -0.15) is 5.10 Å². The largest absolute Gasteiger partial charge is 0.338 e. The van der Waals surface area contributed by atoms with Gasteiger partial charge >= 0.3 is 6.03 Å². The molecule has 0 aliphatic carbocycles. The summed E-state index contributed by atoms with van der Waals surface area (Å²) in [5, 5.41) is 9.96. The summed E-state index contributed by atoms with van der Waals surface area (Å²) in [5.41, 5.74) is 2.95. The molecule has 0 aliphatic heterocycles. The highest BCUT2D eigenvalue weighted by Crippen LogP contribution is 2.06. The maximum absolute atomic E-state index is 11.3. The fraction of sp³-hybridized carbons (Fsp3) is 0.500. The fourth-order valence-electron chi connectivity index (χ4n) is 1.96. The van der Waals surface area contributed by atoms with Gasteiger partial charge in [-0.25, -0.2) is 14.3 Å². The van der Waals surface area contributed by atoms with Crippen molar-refractivity contribution in [2.75, 3.05) is 13.1 Å². The second-order valence-corrected chi connectivity index (χ2v) is 4.84. The van der Waals surface area contributed by atoms with Gasteiger partial charge in [-0.15, -0.1) is 0 Å². The number of aromatic nitrogens is 3. The summed E-state index contributed by atoms with van der Waals surface area (Å²) in [4.78, 5) is 15.7. The minimum Gasteiger partial charge on any atom is -0.338 e. The monoisotopic (exact) mass is 275 g/mol. The highest BCUT2D eigenvalue weighted by atomic mass is 16.2.